The maximum absolute atomic E-state index is 4.72. The van der Waals surface area contributed by atoms with E-state index in [4.69, 9.17) is 15.0 Å². The van der Waals surface area contributed by atoms with Gasteiger partial charge in [-0.05, 0) is 13.3 Å². The highest BCUT2D eigenvalue weighted by atomic mass is 15.0. The molecule has 32 heavy (non-hydrogen) atoms. The summed E-state index contributed by atoms with van der Waals surface area (Å²) >= 11 is 0. The van der Waals surface area contributed by atoms with Crippen LogP contribution in [0.5, 0.6) is 0 Å². The van der Waals surface area contributed by atoms with Crippen molar-refractivity contribution in [3.05, 3.63) is 103 Å². The Hall–Kier alpha value is -3.33. The molecule has 1 aliphatic rings. The van der Waals surface area contributed by atoms with Crippen LogP contribution in [0.4, 0.5) is 0 Å². The molecule has 0 unspecified atom stereocenters. The average Bonchev–Trinajstić information content (AvgIpc) is 3.18. The lowest BCUT2D eigenvalue weighted by Gasteiger charge is -2.08. The number of rotatable bonds is 5. The van der Waals surface area contributed by atoms with Crippen LogP contribution in [0.3, 0.4) is 0 Å². The lowest BCUT2D eigenvalue weighted by molar-refractivity contribution is 1.00. The number of allylic oxidation sites excluding steroid dienone is 11. The number of benzene rings is 1. The Labute approximate surface area is 195 Å². The highest BCUT2D eigenvalue weighted by Crippen LogP contribution is 2.22. The Morgan fingerprint density at radius 2 is 1.53 bits per heavy atom. The van der Waals surface area contributed by atoms with E-state index >= 15 is 0 Å². The summed E-state index contributed by atoms with van der Waals surface area (Å²) in [5.74, 6) is 1.99. The van der Waals surface area contributed by atoms with E-state index in [9.17, 15) is 0 Å². The average molecular weight is 430 g/mol. The number of aromatic nitrogens is 3. The summed E-state index contributed by atoms with van der Waals surface area (Å²) in [4.78, 5) is 14.1. The SMILES string of the molecule is C=C/C=C\C(=C/C)c1nc(C2=CC=CCC=C2)nc(-c2ccccc2)n1.CC.CC.CC. The first kappa shape index (κ1) is 28.7. The maximum Gasteiger partial charge on any atom is 0.164 e. The largest absolute Gasteiger partial charge is 0.208 e. The predicted molar refractivity (Wildman–Crippen MR) is 143 cm³/mol. The van der Waals surface area contributed by atoms with Gasteiger partial charge in [0.25, 0.3) is 0 Å². The molecule has 170 valence electrons. The number of hydrogen-bond donors (Lipinski definition) is 0. The smallest absolute Gasteiger partial charge is 0.164 e. The zero-order chi connectivity index (χ0) is 24.2. The molecule has 0 bridgehead atoms. The third kappa shape index (κ3) is 9.22. The molecule has 0 radical (unpaired) electrons. The lowest BCUT2D eigenvalue weighted by Crippen LogP contribution is -2.04. The highest BCUT2D eigenvalue weighted by molar-refractivity contribution is 5.76. The molecule has 1 aromatic carbocycles. The molecule has 0 atom stereocenters. The molecule has 0 N–H and O–H groups in total. The molecule has 3 rings (SSSR count). The number of hydrogen-bond acceptors (Lipinski definition) is 3. The van der Waals surface area contributed by atoms with Crippen molar-refractivity contribution in [2.75, 3.05) is 0 Å². The van der Waals surface area contributed by atoms with Gasteiger partial charge >= 0.3 is 0 Å². The summed E-state index contributed by atoms with van der Waals surface area (Å²) in [6.45, 7) is 17.7. The molecule has 1 aliphatic carbocycles. The molecule has 0 fully saturated rings. The fourth-order valence-corrected chi connectivity index (χ4v) is 2.55. The van der Waals surface area contributed by atoms with Crippen LogP contribution in [0.1, 0.15) is 66.5 Å². The first-order chi connectivity index (χ1) is 15.8. The predicted octanol–water partition coefficient (Wildman–Crippen LogP) is 8.66. The second-order valence-electron chi connectivity index (χ2n) is 5.70. The third-order valence-electron chi connectivity index (χ3n) is 3.89. The van der Waals surface area contributed by atoms with Gasteiger partial charge in [0.15, 0.2) is 17.5 Å². The van der Waals surface area contributed by atoms with E-state index in [0.29, 0.717) is 17.5 Å². The fraction of sp³-hybridized carbons (Fsp3) is 0.276. The molecule has 2 aromatic rings. The Morgan fingerprint density at radius 1 is 0.875 bits per heavy atom. The van der Waals surface area contributed by atoms with Crippen LogP contribution >= 0.6 is 0 Å². The summed E-state index contributed by atoms with van der Waals surface area (Å²) in [6, 6.07) is 9.97. The van der Waals surface area contributed by atoms with Crippen molar-refractivity contribution < 1.29 is 0 Å². The number of nitrogens with zero attached hydrogens (tertiary/aromatic N) is 3. The first-order valence-electron chi connectivity index (χ1n) is 11.6. The summed E-state index contributed by atoms with van der Waals surface area (Å²) in [5.41, 5.74) is 2.87. The van der Waals surface area contributed by atoms with Gasteiger partial charge in [0.2, 0.25) is 0 Å². The lowest BCUT2D eigenvalue weighted by atomic mass is 10.1. The van der Waals surface area contributed by atoms with Gasteiger partial charge in [-0.1, -0.05) is 133 Å². The monoisotopic (exact) mass is 429 g/mol. The highest BCUT2D eigenvalue weighted by Gasteiger charge is 2.12. The molecule has 0 saturated heterocycles. The van der Waals surface area contributed by atoms with Crippen molar-refractivity contribution in [2.24, 2.45) is 0 Å². The molecule has 0 amide bonds. The normalized spacial score (nSPS) is 12.2. The molecule has 0 saturated carbocycles. The summed E-state index contributed by atoms with van der Waals surface area (Å²) in [5, 5.41) is 0. The van der Waals surface area contributed by atoms with E-state index in [2.05, 4.69) is 24.8 Å². The Morgan fingerprint density at radius 3 is 2.16 bits per heavy atom. The minimum atomic E-state index is 0.650. The van der Waals surface area contributed by atoms with Crippen molar-refractivity contribution in [1.29, 1.82) is 0 Å². The van der Waals surface area contributed by atoms with Gasteiger partial charge in [-0.25, -0.2) is 15.0 Å². The maximum atomic E-state index is 4.72. The molecule has 1 aromatic heterocycles. The van der Waals surface area contributed by atoms with Gasteiger partial charge in [-0.3, -0.25) is 0 Å². The Bertz CT molecular complexity index is 930. The standard InChI is InChI=1S/C23H21N3.3C2H6/c1-3-5-13-18(4-2)21-24-22(19-14-9-6-7-10-15-19)26-23(25-21)20-16-11-8-12-17-20;3*1-2/h3-6,8-17H,1,7H2,2H3;3*1-2H3/b13-5-,18-4+;;;. The van der Waals surface area contributed by atoms with Gasteiger partial charge in [-0.2, -0.15) is 0 Å². The van der Waals surface area contributed by atoms with E-state index < -0.39 is 0 Å². The molecule has 0 spiro atoms. The van der Waals surface area contributed by atoms with E-state index in [0.717, 1.165) is 23.1 Å². The van der Waals surface area contributed by atoms with Gasteiger partial charge < -0.3 is 0 Å². The van der Waals surface area contributed by atoms with Crippen LogP contribution in [-0.4, -0.2) is 15.0 Å². The summed E-state index contributed by atoms with van der Waals surface area (Å²) in [7, 11) is 0. The molecular weight excluding hydrogens is 390 g/mol. The quantitative estimate of drug-likeness (QED) is 0.446. The molecular formula is C29H39N3. The zero-order valence-electron chi connectivity index (χ0n) is 20.8. The van der Waals surface area contributed by atoms with Crippen LogP contribution in [0, 0.1) is 0 Å². The first-order valence-corrected chi connectivity index (χ1v) is 11.6. The van der Waals surface area contributed by atoms with Crippen molar-refractivity contribution in [1.82, 2.24) is 15.0 Å². The van der Waals surface area contributed by atoms with E-state index in [1.807, 2.05) is 109 Å². The molecule has 3 nitrogen and oxygen atoms in total. The Balaban J connectivity index is 0.00000148. The van der Waals surface area contributed by atoms with Crippen LogP contribution in [0.25, 0.3) is 22.5 Å². The fourth-order valence-electron chi connectivity index (χ4n) is 2.55. The zero-order valence-corrected chi connectivity index (χ0v) is 20.8. The van der Waals surface area contributed by atoms with E-state index in [-0.39, 0.29) is 0 Å². The van der Waals surface area contributed by atoms with Crippen molar-refractivity contribution in [3.63, 3.8) is 0 Å². The second-order valence-corrected chi connectivity index (χ2v) is 5.70. The Kier molecular flexibility index (Phi) is 16.5. The van der Waals surface area contributed by atoms with Gasteiger partial charge in [0, 0.05) is 16.7 Å². The van der Waals surface area contributed by atoms with Crippen molar-refractivity contribution in [2.45, 2.75) is 54.9 Å². The second kappa shape index (κ2) is 18.4. The molecule has 1 heterocycles. The summed E-state index contributed by atoms with van der Waals surface area (Å²) in [6.07, 6.45) is 18.8. The third-order valence-corrected chi connectivity index (χ3v) is 3.89. The molecule has 0 aliphatic heterocycles. The van der Waals surface area contributed by atoms with Crippen molar-refractivity contribution in [3.8, 4) is 11.4 Å². The van der Waals surface area contributed by atoms with Crippen LogP contribution in [0.2, 0.25) is 0 Å². The topological polar surface area (TPSA) is 38.7 Å². The van der Waals surface area contributed by atoms with Gasteiger partial charge in [-0.15, -0.1) is 0 Å². The minimum Gasteiger partial charge on any atom is -0.208 e. The minimum absolute atomic E-state index is 0.650. The van der Waals surface area contributed by atoms with Crippen LogP contribution in [-0.2, 0) is 0 Å². The molecule has 3 heteroatoms. The van der Waals surface area contributed by atoms with E-state index in [1.165, 1.54) is 0 Å². The van der Waals surface area contributed by atoms with E-state index in [1.54, 1.807) is 6.08 Å². The van der Waals surface area contributed by atoms with Gasteiger partial charge in [0.05, 0.1) is 0 Å². The van der Waals surface area contributed by atoms with Crippen LogP contribution < -0.4 is 0 Å². The van der Waals surface area contributed by atoms with Crippen molar-refractivity contribution >= 4 is 11.1 Å². The van der Waals surface area contributed by atoms with Crippen LogP contribution in [0.15, 0.2) is 91.6 Å². The summed E-state index contributed by atoms with van der Waals surface area (Å²) < 4.78 is 0. The van der Waals surface area contributed by atoms with Gasteiger partial charge in [0.1, 0.15) is 0 Å².